The summed E-state index contributed by atoms with van der Waals surface area (Å²) in [5.74, 6) is 0.454. The molecule has 0 bridgehead atoms. The summed E-state index contributed by atoms with van der Waals surface area (Å²) in [5.41, 5.74) is 3.56. The third-order valence-electron chi connectivity index (χ3n) is 4.47. The number of halogens is 1. The van der Waals surface area contributed by atoms with Crippen molar-refractivity contribution < 1.29 is 4.42 Å². The van der Waals surface area contributed by atoms with Gasteiger partial charge < -0.3 is 4.42 Å². The summed E-state index contributed by atoms with van der Waals surface area (Å²) in [7, 11) is 0. The number of aromatic nitrogens is 3. The van der Waals surface area contributed by atoms with E-state index in [-0.39, 0.29) is 5.43 Å². The molecule has 0 spiro atoms. The van der Waals surface area contributed by atoms with E-state index < -0.39 is 0 Å². The highest BCUT2D eigenvalue weighted by Crippen LogP contribution is 2.32. The van der Waals surface area contributed by atoms with Crippen LogP contribution in [0.5, 0.6) is 0 Å². The van der Waals surface area contributed by atoms with Gasteiger partial charge in [0, 0.05) is 16.8 Å². The van der Waals surface area contributed by atoms with E-state index in [1.54, 1.807) is 36.0 Å². The van der Waals surface area contributed by atoms with Crippen LogP contribution in [0.25, 0.3) is 39.1 Å². The Hall–Kier alpha value is -3.18. The lowest BCUT2D eigenvalue weighted by Gasteiger charge is -2.09. The molecule has 0 amide bonds. The standard InChI is InChI=1S/C20H12ClN3O2/c1-11-19(25)14-10-24(13-5-3-2-4-6-13)23-17(14)18-20(11)26-16-8-7-12(21)9-15(16)22-18/h2-10H,1H3. The zero-order valence-corrected chi connectivity index (χ0v) is 14.5. The van der Waals surface area contributed by atoms with Crippen molar-refractivity contribution in [3.05, 3.63) is 75.5 Å². The molecule has 0 atom stereocenters. The smallest absolute Gasteiger partial charge is 0.196 e. The van der Waals surface area contributed by atoms with Gasteiger partial charge in [-0.1, -0.05) is 29.8 Å². The minimum absolute atomic E-state index is 0.103. The van der Waals surface area contributed by atoms with Gasteiger partial charge >= 0.3 is 0 Å². The molecule has 3 aromatic rings. The molecule has 0 unspecified atom stereocenters. The Morgan fingerprint density at radius 1 is 1.12 bits per heavy atom. The Labute approximate surface area is 152 Å². The van der Waals surface area contributed by atoms with Gasteiger partial charge in [0.25, 0.3) is 0 Å². The zero-order valence-electron chi connectivity index (χ0n) is 13.7. The Morgan fingerprint density at radius 2 is 1.92 bits per heavy atom. The molecular weight excluding hydrogens is 350 g/mol. The van der Waals surface area contributed by atoms with Crippen LogP contribution >= 0.6 is 11.6 Å². The maximum absolute atomic E-state index is 12.8. The van der Waals surface area contributed by atoms with Gasteiger partial charge in [-0.05, 0) is 37.3 Å². The fourth-order valence-corrected chi connectivity index (χ4v) is 3.31. The Morgan fingerprint density at radius 3 is 2.73 bits per heavy atom. The molecule has 5 nitrogen and oxygen atoms in total. The van der Waals surface area contributed by atoms with Gasteiger partial charge in [0.1, 0.15) is 16.7 Å². The van der Waals surface area contributed by atoms with E-state index in [9.17, 15) is 4.79 Å². The number of nitrogens with zero attached hydrogens (tertiary/aromatic N) is 3. The molecule has 2 aromatic carbocycles. The van der Waals surface area contributed by atoms with Crippen molar-refractivity contribution in [1.82, 2.24) is 14.8 Å². The first kappa shape index (κ1) is 15.1. The Bertz CT molecular complexity index is 1320. The van der Waals surface area contributed by atoms with Crippen LogP contribution in [-0.4, -0.2) is 14.8 Å². The predicted octanol–water partition coefficient (Wildman–Crippen LogP) is 4.59. The third-order valence-corrected chi connectivity index (χ3v) is 4.70. The quantitative estimate of drug-likeness (QED) is 0.409. The number of rotatable bonds is 1. The molecule has 0 saturated heterocycles. The van der Waals surface area contributed by atoms with Crippen molar-refractivity contribution in [2.24, 2.45) is 0 Å². The van der Waals surface area contributed by atoms with Gasteiger partial charge in [-0.2, -0.15) is 5.10 Å². The molecule has 26 heavy (non-hydrogen) atoms. The fourth-order valence-electron chi connectivity index (χ4n) is 3.14. The van der Waals surface area contributed by atoms with E-state index in [2.05, 4.69) is 10.1 Å². The molecule has 0 saturated carbocycles. The molecule has 1 aromatic heterocycles. The molecule has 2 aliphatic rings. The highest BCUT2D eigenvalue weighted by atomic mass is 35.5. The van der Waals surface area contributed by atoms with E-state index >= 15 is 0 Å². The average Bonchev–Trinajstić information content (AvgIpc) is 3.11. The minimum atomic E-state index is -0.103. The first-order chi connectivity index (χ1) is 12.6. The topological polar surface area (TPSA) is 60.9 Å². The number of benzene rings is 3. The Kier molecular flexibility index (Phi) is 3.14. The second-order valence-corrected chi connectivity index (χ2v) is 6.57. The summed E-state index contributed by atoms with van der Waals surface area (Å²) < 4.78 is 7.65. The lowest BCUT2D eigenvalue weighted by Crippen LogP contribution is -2.09. The maximum Gasteiger partial charge on any atom is 0.196 e. The lowest BCUT2D eigenvalue weighted by atomic mass is 10.1. The average molecular weight is 362 g/mol. The molecule has 2 heterocycles. The molecular formula is C20H12ClN3O2. The monoisotopic (exact) mass is 361 g/mol. The van der Waals surface area contributed by atoms with Crippen LogP contribution in [0.3, 0.4) is 0 Å². The second kappa shape index (κ2) is 5.41. The highest BCUT2D eigenvalue weighted by Gasteiger charge is 2.22. The van der Waals surface area contributed by atoms with Crippen LogP contribution in [-0.2, 0) is 0 Å². The number of fused-ring (bicyclic) bond motifs is 4. The highest BCUT2D eigenvalue weighted by molar-refractivity contribution is 6.31. The summed E-state index contributed by atoms with van der Waals surface area (Å²) in [4.78, 5) is 17.5. The summed E-state index contributed by atoms with van der Waals surface area (Å²) >= 11 is 6.08. The van der Waals surface area contributed by atoms with Crippen LogP contribution in [0, 0.1) is 6.92 Å². The second-order valence-electron chi connectivity index (χ2n) is 6.13. The molecule has 6 heteroatoms. The number of para-hydroxylation sites is 1. The number of hydrogen-bond acceptors (Lipinski definition) is 4. The van der Waals surface area contributed by atoms with Crippen molar-refractivity contribution in [2.45, 2.75) is 6.92 Å². The van der Waals surface area contributed by atoms with E-state index in [4.69, 9.17) is 16.0 Å². The summed E-state index contributed by atoms with van der Waals surface area (Å²) in [6.45, 7) is 1.75. The molecule has 5 rings (SSSR count). The zero-order chi connectivity index (χ0) is 17.8. The van der Waals surface area contributed by atoms with Crippen LogP contribution in [0.1, 0.15) is 5.56 Å². The van der Waals surface area contributed by atoms with Crippen molar-refractivity contribution in [2.75, 3.05) is 0 Å². The Balaban J connectivity index is 1.92. The largest absolute Gasteiger partial charge is 0.452 e. The van der Waals surface area contributed by atoms with E-state index in [0.717, 1.165) is 5.69 Å². The molecule has 126 valence electrons. The minimum Gasteiger partial charge on any atom is -0.452 e. The normalized spacial score (nSPS) is 11.6. The molecule has 0 fully saturated rings. The third kappa shape index (κ3) is 2.14. The van der Waals surface area contributed by atoms with Crippen molar-refractivity contribution in [1.29, 1.82) is 0 Å². The van der Waals surface area contributed by atoms with E-state index in [0.29, 0.717) is 44.0 Å². The SMILES string of the molecule is Cc1c2oc3ccc(Cl)cc3nc-2c2nn(-c3ccccc3)cc2c1=O. The van der Waals surface area contributed by atoms with Crippen LogP contribution < -0.4 is 5.43 Å². The summed E-state index contributed by atoms with van der Waals surface area (Å²) in [6, 6.07) is 14.9. The molecule has 0 radical (unpaired) electrons. The van der Waals surface area contributed by atoms with Crippen molar-refractivity contribution >= 4 is 33.6 Å². The predicted molar refractivity (Wildman–Crippen MR) is 101 cm³/mol. The van der Waals surface area contributed by atoms with Crippen LogP contribution in [0.2, 0.25) is 5.02 Å². The van der Waals surface area contributed by atoms with E-state index in [1.807, 2.05) is 30.3 Å². The van der Waals surface area contributed by atoms with Gasteiger partial charge in [0.2, 0.25) is 0 Å². The van der Waals surface area contributed by atoms with Crippen LogP contribution in [0.15, 0.2) is 63.9 Å². The van der Waals surface area contributed by atoms with Crippen LogP contribution in [0.4, 0.5) is 0 Å². The molecule has 1 aliphatic carbocycles. The van der Waals surface area contributed by atoms with Crippen molar-refractivity contribution in [3.63, 3.8) is 0 Å². The first-order valence-corrected chi connectivity index (χ1v) is 8.47. The van der Waals surface area contributed by atoms with Gasteiger partial charge in [-0.25, -0.2) is 9.67 Å². The maximum atomic E-state index is 12.8. The molecule has 0 N–H and O–H groups in total. The fraction of sp³-hybridized carbons (Fsp3) is 0.0500. The first-order valence-electron chi connectivity index (χ1n) is 8.09. The van der Waals surface area contributed by atoms with Crippen molar-refractivity contribution in [3.8, 4) is 17.1 Å². The van der Waals surface area contributed by atoms with Gasteiger partial charge in [-0.3, -0.25) is 4.79 Å². The van der Waals surface area contributed by atoms with E-state index in [1.165, 1.54) is 0 Å². The molecule has 1 aliphatic heterocycles. The summed E-state index contributed by atoms with van der Waals surface area (Å²) in [6.07, 6.45) is 1.74. The van der Waals surface area contributed by atoms with Gasteiger partial charge in [0.05, 0.1) is 11.1 Å². The number of hydrogen-bond donors (Lipinski definition) is 0. The van der Waals surface area contributed by atoms with Gasteiger partial charge in [-0.15, -0.1) is 0 Å². The summed E-state index contributed by atoms with van der Waals surface area (Å²) in [5, 5.41) is 5.69. The van der Waals surface area contributed by atoms with Gasteiger partial charge in [0.15, 0.2) is 16.8 Å². The lowest BCUT2D eigenvalue weighted by molar-refractivity contribution is 0.609.